The van der Waals surface area contributed by atoms with E-state index in [0.717, 1.165) is 78.0 Å². The van der Waals surface area contributed by atoms with Crippen LogP contribution < -0.4 is 9.80 Å². The molecule has 0 atom stereocenters. The third-order valence-corrected chi connectivity index (χ3v) is 19.3. The zero-order valence-corrected chi connectivity index (χ0v) is 51.3. The van der Waals surface area contributed by atoms with Gasteiger partial charge < -0.3 is 18.6 Å². The van der Waals surface area contributed by atoms with Crippen LogP contribution in [-0.2, 0) is 16.2 Å². The lowest BCUT2D eigenvalue weighted by Gasteiger charge is -2.33. The molecule has 1 spiro atoms. The van der Waals surface area contributed by atoms with Gasteiger partial charge in [-0.15, -0.1) is 0 Å². The first kappa shape index (κ1) is 52.9. The molecule has 87 heavy (non-hydrogen) atoms. The number of hydrogen-bond acceptors (Lipinski definition) is 4. The molecule has 14 aromatic rings. The summed E-state index contributed by atoms with van der Waals surface area (Å²) in [5, 5.41) is 9.34. The molecule has 2 heterocycles. The maximum Gasteiger partial charge on any atom is 0.159 e. The molecule has 0 aliphatic heterocycles. The fraction of sp³-hybridized carbons (Fsp3) is 0.181. The van der Waals surface area contributed by atoms with Crippen molar-refractivity contribution < 1.29 is 8.83 Å². The Kier molecular flexibility index (Phi) is 11.7. The van der Waals surface area contributed by atoms with E-state index in [1.807, 2.05) is 0 Å². The lowest BCUT2D eigenvalue weighted by molar-refractivity contribution is 0.589. The van der Waals surface area contributed by atoms with Gasteiger partial charge in [-0.1, -0.05) is 239 Å². The van der Waals surface area contributed by atoms with Crippen LogP contribution in [0.2, 0.25) is 0 Å². The van der Waals surface area contributed by atoms with Gasteiger partial charge in [0.2, 0.25) is 0 Å². The number of rotatable bonds is 8. The molecule has 0 unspecified atom stereocenters. The van der Waals surface area contributed by atoms with E-state index in [1.165, 1.54) is 88.3 Å². The van der Waals surface area contributed by atoms with Crippen LogP contribution in [0.3, 0.4) is 0 Å². The van der Waals surface area contributed by atoms with E-state index in [2.05, 4.69) is 310 Å². The van der Waals surface area contributed by atoms with Gasteiger partial charge in [-0.05, 0) is 172 Å². The SMILES string of the molecule is CC(C)c1cccc2c1oc1c(N(c3ccccc3)c3ccc4c5c(ccc4c3)-c3ccc4cc(N(c6ccccc6)c6cccc7c6oc6c(C(C)C)cccc67)ccc4c3C53c4ccc(C(C)(C)C)cc4-c4cc(C(C)(C)C)ccc43)cccc12. The molecule has 0 amide bonds. The second kappa shape index (κ2) is 19.2. The first-order valence-corrected chi connectivity index (χ1v) is 31.1. The van der Waals surface area contributed by atoms with Crippen molar-refractivity contribution in [1.29, 1.82) is 0 Å². The van der Waals surface area contributed by atoms with Crippen molar-refractivity contribution in [3.8, 4) is 22.3 Å². The lowest BCUT2D eigenvalue weighted by atomic mass is 9.68. The Morgan fingerprint density at radius 3 is 1.10 bits per heavy atom. The molecule has 12 aromatic carbocycles. The number of furan rings is 2. The molecule has 4 heteroatoms. The van der Waals surface area contributed by atoms with Crippen LogP contribution in [-0.4, -0.2) is 0 Å². The first-order valence-electron chi connectivity index (χ1n) is 31.1. The molecule has 0 fully saturated rings. The fourth-order valence-corrected chi connectivity index (χ4v) is 15.0. The summed E-state index contributed by atoms with van der Waals surface area (Å²) in [6, 6.07) is 86.8. The minimum Gasteiger partial charge on any atom is -0.454 e. The Hall–Kier alpha value is -9.64. The molecule has 2 aliphatic rings. The maximum atomic E-state index is 7.06. The Labute approximate surface area is 509 Å². The number of fused-ring (bicyclic) bond motifs is 20. The van der Waals surface area contributed by atoms with Crippen molar-refractivity contribution in [2.24, 2.45) is 0 Å². The molecule has 0 saturated carbocycles. The minimum atomic E-state index is -0.676. The topological polar surface area (TPSA) is 32.8 Å². The third kappa shape index (κ3) is 7.82. The summed E-state index contributed by atoms with van der Waals surface area (Å²) in [6.07, 6.45) is 0. The first-order chi connectivity index (χ1) is 42.1. The number of nitrogens with zero attached hydrogens (tertiary/aromatic N) is 2. The molecular weight excluding hydrogens is 1060 g/mol. The van der Waals surface area contributed by atoms with Crippen molar-refractivity contribution >= 4 is 99.5 Å². The van der Waals surface area contributed by atoms with Crippen molar-refractivity contribution in [3.63, 3.8) is 0 Å². The Bertz CT molecular complexity index is 4820. The monoisotopic (exact) mass is 1130 g/mol. The van der Waals surface area contributed by atoms with Crippen molar-refractivity contribution in [3.05, 3.63) is 275 Å². The van der Waals surface area contributed by atoms with Crippen LogP contribution in [0.5, 0.6) is 0 Å². The quantitative estimate of drug-likeness (QED) is 0.152. The molecule has 2 aromatic heterocycles. The standard InChI is InChI=1S/C83H70N2O2/c1-49(2)59-25-17-27-65-67-29-19-31-73(79(67)86-77(59)65)84(55-21-13-11-14-22-55)57-37-41-61-51(45-57)33-39-63-64-40-34-52-46-58(85(56-23-15-12-16-24-56)74-32-20-30-68-66-28-18-26-60(50(3)4)78(66)87-80(68)74)38-42-62(52)76(64)83(75(61)63)71-43-35-53(81(5,6)7)47-69(71)70-48-54(82(8,9)10)36-44-72(70)83/h11-50H,1-10H3. The van der Waals surface area contributed by atoms with Gasteiger partial charge in [-0.3, -0.25) is 0 Å². The molecule has 4 nitrogen and oxygen atoms in total. The zero-order chi connectivity index (χ0) is 59.4. The molecule has 0 radical (unpaired) electrons. The van der Waals surface area contributed by atoms with Crippen molar-refractivity contribution in [2.45, 2.75) is 97.3 Å². The number of benzene rings is 12. The van der Waals surface area contributed by atoms with Crippen LogP contribution in [0.4, 0.5) is 34.1 Å². The Morgan fingerprint density at radius 2 is 0.713 bits per heavy atom. The number of anilines is 6. The molecule has 0 bridgehead atoms. The molecule has 0 saturated heterocycles. The second-order valence-electron chi connectivity index (χ2n) is 27.2. The highest BCUT2D eigenvalue weighted by Crippen LogP contribution is 2.66. The number of hydrogen-bond donors (Lipinski definition) is 0. The van der Waals surface area contributed by atoms with Gasteiger partial charge >= 0.3 is 0 Å². The highest BCUT2D eigenvalue weighted by molar-refractivity contribution is 6.14. The summed E-state index contributed by atoms with van der Waals surface area (Å²) in [5.41, 5.74) is 24.7. The van der Waals surface area contributed by atoms with Gasteiger partial charge in [0.15, 0.2) is 11.2 Å². The van der Waals surface area contributed by atoms with E-state index < -0.39 is 5.41 Å². The largest absolute Gasteiger partial charge is 0.454 e. The predicted octanol–water partition coefficient (Wildman–Crippen LogP) is 23.9. The molecule has 2 aliphatic carbocycles. The highest BCUT2D eigenvalue weighted by Gasteiger charge is 2.54. The number of para-hydroxylation sites is 6. The summed E-state index contributed by atoms with van der Waals surface area (Å²) in [6.45, 7) is 23.0. The summed E-state index contributed by atoms with van der Waals surface area (Å²) in [4.78, 5) is 4.78. The van der Waals surface area contributed by atoms with Gasteiger partial charge in [0.25, 0.3) is 0 Å². The van der Waals surface area contributed by atoms with Gasteiger partial charge in [0.1, 0.15) is 11.2 Å². The van der Waals surface area contributed by atoms with Crippen LogP contribution in [0.15, 0.2) is 239 Å². The van der Waals surface area contributed by atoms with Gasteiger partial charge in [0, 0.05) is 44.3 Å². The minimum absolute atomic E-state index is 0.0631. The predicted molar refractivity (Wildman–Crippen MR) is 367 cm³/mol. The second-order valence-corrected chi connectivity index (χ2v) is 27.2. The van der Waals surface area contributed by atoms with Crippen molar-refractivity contribution in [2.75, 3.05) is 9.80 Å². The van der Waals surface area contributed by atoms with Gasteiger partial charge in [0.05, 0.1) is 16.8 Å². The molecule has 0 N–H and O–H groups in total. The van der Waals surface area contributed by atoms with E-state index in [1.54, 1.807) is 0 Å². The van der Waals surface area contributed by atoms with Crippen LogP contribution in [0, 0.1) is 0 Å². The van der Waals surface area contributed by atoms with Gasteiger partial charge in [-0.2, -0.15) is 0 Å². The van der Waals surface area contributed by atoms with Gasteiger partial charge in [-0.25, -0.2) is 0 Å². The maximum absolute atomic E-state index is 7.06. The van der Waals surface area contributed by atoms with Crippen LogP contribution in [0.25, 0.3) is 87.7 Å². The summed E-state index contributed by atoms with van der Waals surface area (Å²) in [5.74, 6) is 0.627. The Morgan fingerprint density at radius 1 is 0.322 bits per heavy atom. The Balaban J connectivity index is 0.949. The summed E-state index contributed by atoms with van der Waals surface area (Å²) in [7, 11) is 0. The fourth-order valence-electron chi connectivity index (χ4n) is 15.0. The summed E-state index contributed by atoms with van der Waals surface area (Å²) < 4.78 is 14.1. The lowest BCUT2D eigenvalue weighted by Crippen LogP contribution is -2.27. The van der Waals surface area contributed by atoms with E-state index in [9.17, 15) is 0 Å². The van der Waals surface area contributed by atoms with E-state index in [0.29, 0.717) is 11.8 Å². The third-order valence-electron chi connectivity index (χ3n) is 19.3. The van der Waals surface area contributed by atoms with Crippen LogP contribution in [0.1, 0.15) is 126 Å². The summed E-state index contributed by atoms with van der Waals surface area (Å²) >= 11 is 0. The van der Waals surface area contributed by atoms with Crippen molar-refractivity contribution in [1.82, 2.24) is 0 Å². The molecule has 16 rings (SSSR count). The molecule has 424 valence electrons. The zero-order valence-electron chi connectivity index (χ0n) is 51.3. The van der Waals surface area contributed by atoms with E-state index in [-0.39, 0.29) is 10.8 Å². The average Bonchev–Trinajstić information content (AvgIpc) is 1.50. The smallest absolute Gasteiger partial charge is 0.159 e. The average molecular weight is 1130 g/mol. The normalized spacial score (nSPS) is 13.5. The van der Waals surface area contributed by atoms with E-state index >= 15 is 0 Å². The molecular formula is C83H70N2O2. The van der Waals surface area contributed by atoms with Crippen LogP contribution >= 0.6 is 0 Å². The van der Waals surface area contributed by atoms with E-state index in [4.69, 9.17) is 8.83 Å². The highest BCUT2D eigenvalue weighted by atomic mass is 16.3.